The lowest BCUT2D eigenvalue weighted by Gasteiger charge is -2.58. The fourth-order valence-corrected chi connectivity index (χ4v) is 7.20. The molecule has 9 heteroatoms. The number of H-pyrrole nitrogens is 1. The lowest BCUT2D eigenvalue weighted by Crippen LogP contribution is -2.59. The highest BCUT2D eigenvalue weighted by atomic mass is 16.5. The Hall–Kier alpha value is -2.65. The molecule has 4 bridgehead atoms. The predicted octanol–water partition coefficient (Wildman–Crippen LogP) is 3.52. The van der Waals surface area contributed by atoms with E-state index in [1.165, 1.54) is 12.8 Å². The number of ether oxygens (including phenoxy) is 1. The first kappa shape index (κ1) is 19.8. The smallest absolute Gasteiger partial charge is 0.226 e. The average Bonchev–Trinajstić information content (AvgIpc) is 3.50. The van der Waals surface area contributed by atoms with Crippen LogP contribution in [0.4, 0.5) is 17.6 Å². The van der Waals surface area contributed by atoms with Crippen molar-refractivity contribution in [2.24, 2.45) is 17.8 Å². The number of rotatable bonds is 5. The molecular weight excluding hydrogens is 418 g/mol. The van der Waals surface area contributed by atoms with Crippen LogP contribution in [0.25, 0.3) is 11.0 Å². The first-order valence-electron chi connectivity index (χ1n) is 12.3. The Bertz CT molecular complexity index is 1180. The summed E-state index contributed by atoms with van der Waals surface area (Å²) in [6.45, 7) is 3.48. The van der Waals surface area contributed by atoms with Crippen molar-refractivity contribution in [3.05, 3.63) is 24.0 Å². The van der Waals surface area contributed by atoms with Crippen LogP contribution in [0, 0.1) is 24.7 Å². The zero-order valence-corrected chi connectivity index (χ0v) is 18.9. The van der Waals surface area contributed by atoms with Crippen molar-refractivity contribution in [2.75, 3.05) is 23.8 Å². The molecule has 4 heterocycles. The van der Waals surface area contributed by atoms with Gasteiger partial charge >= 0.3 is 0 Å². The number of fused-ring (bicyclic) bond motifs is 1. The van der Waals surface area contributed by atoms with E-state index >= 15 is 0 Å². The molecule has 174 valence electrons. The molecule has 5 fully saturated rings. The number of aromatic amines is 1. The first-order valence-corrected chi connectivity index (χ1v) is 12.3. The quantitative estimate of drug-likeness (QED) is 0.471. The van der Waals surface area contributed by atoms with Gasteiger partial charge in [0.15, 0.2) is 5.82 Å². The molecule has 1 saturated heterocycles. The third-order valence-electron chi connectivity index (χ3n) is 8.36. The number of nitrogens with zero attached hydrogens (tertiary/aromatic N) is 4. The Morgan fingerprint density at radius 1 is 1.21 bits per heavy atom. The molecule has 0 aromatic carbocycles. The molecule has 0 amide bonds. The Balaban J connectivity index is 1.26. The summed E-state index contributed by atoms with van der Waals surface area (Å²) < 4.78 is 7.88. The van der Waals surface area contributed by atoms with Gasteiger partial charge in [0.25, 0.3) is 0 Å². The van der Waals surface area contributed by atoms with Crippen LogP contribution in [0.2, 0.25) is 0 Å². The van der Waals surface area contributed by atoms with Crippen LogP contribution in [-0.4, -0.2) is 54.7 Å². The average molecular weight is 450 g/mol. The van der Waals surface area contributed by atoms with E-state index in [9.17, 15) is 5.11 Å². The Morgan fingerprint density at radius 2 is 2.06 bits per heavy atom. The highest BCUT2D eigenvalue weighted by molar-refractivity contribution is 5.90. The highest BCUT2D eigenvalue weighted by Crippen LogP contribution is 2.56. The highest BCUT2D eigenvalue weighted by Gasteiger charge is 2.54. The lowest BCUT2D eigenvalue weighted by atomic mass is 9.52. The summed E-state index contributed by atoms with van der Waals surface area (Å²) in [6.07, 6.45) is 8.27. The Labute approximate surface area is 192 Å². The van der Waals surface area contributed by atoms with Crippen LogP contribution in [0.3, 0.4) is 0 Å². The molecular formula is C24H31N7O2. The van der Waals surface area contributed by atoms with Crippen LogP contribution in [0.5, 0.6) is 0 Å². The molecule has 9 nitrogen and oxygen atoms in total. The van der Waals surface area contributed by atoms with Crippen molar-refractivity contribution in [1.29, 1.82) is 0 Å². The largest absolute Gasteiger partial charge is 0.390 e. The van der Waals surface area contributed by atoms with E-state index in [-0.39, 0.29) is 0 Å². The second-order valence-electron chi connectivity index (χ2n) is 10.8. The number of anilines is 3. The number of aryl methyl sites for hydroxylation is 1. The van der Waals surface area contributed by atoms with E-state index in [4.69, 9.17) is 14.7 Å². The second kappa shape index (κ2) is 7.17. The molecule has 0 spiro atoms. The van der Waals surface area contributed by atoms with E-state index in [0.29, 0.717) is 42.4 Å². The normalized spacial score (nSPS) is 34.9. The maximum Gasteiger partial charge on any atom is 0.226 e. The van der Waals surface area contributed by atoms with Gasteiger partial charge in [0.1, 0.15) is 11.5 Å². The maximum absolute atomic E-state index is 11.0. The summed E-state index contributed by atoms with van der Waals surface area (Å²) in [7, 11) is 0. The van der Waals surface area contributed by atoms with Crippen molar-refractivity contribution < 1.29 is 9.84 Å². The van der Waals surface area contributed by atoms with Gasteiger partial charge in [0, 0.05) is 30.6 Å². The fraction of sp³-hybridized carbons (Fsp3) is 0.625. The molecule has 5 aliphatic rings. The standard InChI is InChI=1S/C24H31N7O2/c1-13-6-19(30-29-13)25-21-18-2-4-31(17-3-5-33-12-17)22(18)28-23(27-21)26-20-15-7-14-8-16(20)11-24(32,9-14)10-15/h2,4,6,14-17,20,32H,3,5,7-12H2,1H3,(H3,25,26,27,28,29,30)/t14?,15?,16?,17-,20?,24?/m1/s1. The minimum absolute atomic E-state index is 0.293. The van der Waals surface area contributed by atoms with E-state index in [1.54, 1.807) is 0 Å². The van der Waals surface area contributed by atoms with Gasteiger partial charge in [-0.2, -0.15) is 15.1 Å². The molecule has 8 rings (SSSR count). The molecule has 3 aromatic heterocycles. The molecule has 1 aliphatic heterocycles. The number of aromatic nitrogens is 5. The van der Waals surface area contributed by atoms with Gasteiger partial charge in [0.05, 0.1) is 23.6 Å². The monoisotopic (exact) mass is 449 g/mol. The van der Waals surface area contributed by atoms with Crippen LogP contribution < -0.4 is 10.6 Å². The summed E-state index contributed by atoms with van der Waals surface area (Å²) in [5.41, 5.74) is 1.47. The Morgan fingerprint density at radius 3 is 2.76 bits per heavy atom. The van der Waals surface area contributed by atoms with Gasteiger partial charge in [0.2, 0.25) is 5.95 Å². The minimum atomic E-state index is -0.443. The predicted molar refractivity (Wildman–Crippen MR) is 125 cm³/mol. The number of nitrogens with one attached hydrogen (secondary N) is 3. The van der Waals surface area contributed by atoms with Crippen molar-refractivity contribution in [3.8, 4) is 0 Å². The summed E-state index contributed by atoms with van der Waals surface area (Å²) in [6, 6.07) is 4.66. The van der Waals surface area contributed by atoms with E-state index < -0.39 is 5.60 Å². The van der Waals surface area contributed by atoms with E-state index in [0.717, 1.165) is 60.7 Å². The zero-order chi connectivity index (χ0) is 22.2. The van der Waals surface area contributed by atoms with Crippen LogP contribution in [0.15, 0.2) is 18.3 Å². The molecule has 2 unspecified atom stereocenters. The van der Waals surface area contributed by atoms with Gasteiger partial charge < -0.3 is 25.0 Å². The summed E-state index contributed by atoms with van der Waals surface area (Å²) >= 11 is 0. The van der Waals surface area contributed by atoms with Gasteiger partial charge in [-0.25, -0.2) is 0 Å². The molecule has 3 aromatic rings. The zero-order valence-electron chi connectivity index (χ0n) is 18.9. The van der Waals surface area contributed by atoms with Gasteiger partial charge in [-0.05, 0) is 69.3 Å². The van der Waals surface area contributed by atoms with Crippen molar-refractivity contribution >= 4 is 28.6 Å². The minimum Gasteiger partial charge on any atom is -0.390 e. The Kier molecular flexibility index (Phi) is 4.30. The summed E-state index contributed by atoms with van der Waals surface area (Å²) in [4.78, 5) is 9.93. The third-order valence-corrected chi connectivity index (χ3v) is 8.36. The summed E-state index contributed by atoms with van der Waals surface area (Å²) in [5.74, 6) is 3.80. The van der Waals surface area contributed by atoms with Crippen molar-refractivity contribution in [3.63, 3.8) is 0 Å². The summed E-state index contributed by atoms with van der Waals surface area (Å²) in [5, 5.41) is 26.4. The second-order valence-corrected chi connectivity index (χ2v) is 10.8. The fourth-order valence-electron chi connectivity index (χ4n) is 7.20. The number of hydrogen-bond donors (Lipinski definition) is 4. The molecule has 4 N–H and O–H groups in total. The van der Waals surface area contributed by atoms with Crippen LogP contribution in [-0.2, 0) is 4.74 Å². The number of aliphatic hydroxyl groups is 1. The van der Waals surface area contributed by atoms with Crippen molar-refractivity contribution in [2.45, 2.75) is 63.1 Å². The van der Waals surface area contributed by atoms with Crippen molar-refractivity contribution in [1.82, 2.24) is 24.7 Å². The van der Waals surface area contributed by atoms with Crippen LogP contribution in [0.1, 0.15) is 50.3 Å². The topological polar surface area (TPSA) is 113 Å². The lowest BCUT2D eigenvalue weighted by molar-refractivity contribution is -0.129. The van der Waals surface area contributed by atoms with Gasteiger partial charge in [-0.15, -0.1) is 0 Å². The van der Waals surface area contributed by atoms with Gasteiger partial charge in [-0.1, -0.05) is 0 Å². The van der Waals surface area contributed by atoms with E-state index in [1.807, 2.05) is 13.0 Å². The molecule has 33 heavy (non-hydrogen) atoms. The molecule has 0 radical (unpaired) electrons. The van der Waals surface area contributed by atoms with Crippen LogP contribution >= 0.6 is 0 Å². The first-order chi connectivity index (χ1) is 16.0. The molecule has 3 atom stereocenters. The molecule has 4 saturated carbocycles. The molecule has 4 aliphatic carbocycles. The van der Waals surface area contributed by atoms with Gasteiger partial charge in [-0.3, -0.25) is 5.10 Å². The maximum atomic E-state index is 11.0. The SMILES string of the molecule is Cc1cc(Nc2nc(NC3C4CC5CC3CC(O)(C5)C4)nc3c2ccn3[C@@H]2CCOC2)n[nH]1. The third kappa shape index (κ3) is 3.32. The number of hydrogen-bond acceptors (Lipinski definition) is 7. The van der Waals surface area contributed by atoms with E-state index in [2.05, 4.69) is 37.7 Å².